The Kier molecular flexibility index (Phi) is 7.53. The number of alkyl halides is 3. The first-order valence-electron chi connectivity index (χ1n) is 10.7. The van der Waals surface area contributed by atoms with Gasteiger partial charge in [0.15, 0.2) is 0 Å². The summed E-state index contributed by atoms with van der Waals surface area (Å²) in [4.78, 5) is 46.5. The van der Waals surface area contributed by atoms with Crippen molar-refractivity contribution in [3.63, 3.8) is 0 Å². The highest BCUT2D eigenvalue weighted by Crippen LogP contribution is 2.41. The van der Waals surface area contributed by atoms with E-state index in [1.54, 1.807) is 24.5 Å². The number of aryl methyl sites for hydroxylation is 1. The summed E-state index contributed by atoms with van der Waals surface area (Å²) in [6.07, 6.45) is 1.09. The van der Waals surface area contributed by atoms with Gasteiger partial charge in [0.25, 0.3) is 11.8 Å². The van der Waals surface area contributed by atoms with E-state index in [0.29, 0.717) is 11.3 Å². The Balaban J connectivity index is 0.000000406. The zero-order chi connectivity index (χ0) is 24.9. The van der Waals surface area contributed by atoms with Gasteiger partial charge in [-0.15, -0.1) is 0 Å². The third-order valence-corrected chi connectivity index (χ3v) is 6.10. The summed E-state index contributed by atoms with van der Waals surface area (Å²) < 4.78 is 31.7. The second-order valence-corrected chi connectivity index (χ2v) is 8.48. The van der Waals surface area contributed by atoms with Crippen LogP contribution in [-0.4, -0.2) is 75.0 Å². The Morgan fingerprint density at radius 1 is 0.971 bits per heavy atom. The first-order valence-corrected chi connectivity index (χ1v) is 10.7. The highest BCUT2D eigenvalue weighted by Gasteiger charge is 2.43. The highest BCUT2D eigenvalue weighted by molar-refractivity contribution is 5.94. The highest BCUT2D eigenvalue weighted by atomic mass is 19.4. The minimum atomic E-state index is -5.08. The number of likely N-dealkylation sites (tertiary alicyclic amines) is 2. The molecule has 2 aliphatic rings. The molecule has 0 saturated carbocycles. The molecule has 1 N–H and O–H groups in total. The van der Waals surface area contributed by atoms with Crippen molar-refractivity contribution in [2.45, 2.75) is 32.4 Å². The number of pyridine rings is 2. The number of aromatic nitrogens is 2. The molecule has 2 aromatic rings. The fourth-order valence-corrected chi connectivity index (χ4v) is 4.20. The van der Waals surface area contributed by atoms with Crippen molar-refractivity contribution >= 4 is 17.8 Å². The van der Waals surface area contributed by atoms with Crippen LogP contribution in [0.3, 0.4) is 0 Å². The number of amides is 2. The van der Waals surface area contributed by atoms with Crippen molar-refractivity contribution in [2.75, 3.05) is 26.2 Å². The molecule has 4 heterocycles. The zero-order valence-corrected chi connectivity index (χ0v) is 18.6. The molecule has 2 amide bonds. The molecular weight excluding hydrogens is 453 g/mol. The molecule has 0 aliphatic carbocycles. The number of carbonyl (C=O) groups excluding carboxylic acids is 2. The SMILES string of the molecule is Cc1cccc(C(=O)N2CCC3(CCN(C(=O)c4cccnc4)C3)CC2)n1.O=C(O)C(F)(F)F. The van der Waals surface area contributed by atoms with E-state index in [0.717, 1.165) is 51.1 Å². The first-order chi connectivity index (χ1) is 16.0. The number of nitrogens with zero attached hydrogens (tertiary/aromatic N) is 4. The van der Waals surface area contributed by atoms with Gasteiger partial charge in [-0.3, -0.25) is 14.6 Å². The smallest absolute Gasteiger partial charge is 0.475 e. The van der Waals surface area contributed by atoms with E-state index < -0.39 is 12.1 Å². The van der Waals surface area contributed by atoms with E-state index >= 15 is 0 Å². The van der Waals surface area contributed by atoms with Crippen LogP contribution in [-0.2, 0) is 4.79 Å². The summed E-state index contributed by atoms with van der Waals surface area (Å²) in [6, 6.07) is 9.16. The van der Waals surface area contributed by atoms with Gasteiger partial charge in [-0.2, -0.15) is 13.2 Å². The molecule has 0 atom stereocenters. The van der Waals surface area contributed by atoms with Crippen molar-refractivity contribution in [3.05, 3.63) is 59.7 Å². The van der Waals surface area contributed by atoms with E-state index in [1.165, 1.54) is 0 Å². The number of carboxylic acid groups (broad SMARTS) is 1. The van der Waals surface area contributed by atoms with E-state index in [2.05, 4.69) is 9.97 Å². The average Bonchev–Trinajstić information content (AvgIpc) is 3.22. The van der Waals surface area contributed by atoms with E-state index in [4.69, 9.17) is 9.90 Å². The minimum Gasteiger partial charge on any atom is -0.475 e. The topological polar surface area (TPSA) is 104 Å². The molecule has 2 aromatic heterocycles. The number of hydrogen-bond donors (Lipinski definition) is 1. The summed E-state index contributed by atoms with van der Waals surface area (Å²) in [5.74, 6) is -2.69. The van der Waals surface area contributed by atoms with Gasteiger partial charge in [-0.25, -0.2) is 9.78 Å². The molecule has 11 heteroatoms. The van der Waals surface area contributed by atoms with Gasteiger partial charge in [0.05, 0.1) is 5.56 Å². The van der Waals surface area contributed by atoms with Gasteiger partial charge in [-0.05, 0) is 55.9 Å². The molecule has 0 radical (unpaired) electrons. The van der Waals surface area contributed by atoms with Crippen molar-refractivity contribution in [1.82, 2.24) is 19.8 Å². The number of rotatable bonds is 2. The molecule has 0 unspecified atom stereocenters. The predicted octanol–water partition coefficient (Wildman–Crippen LogP) is 3.19. The maximum absolute atomic E-state index is 12.7. The maximum Gasteiger partial charge on any atom is 0.490 e. The first kappa shape index (κ1) is 25.1. The molecule has 2 aliphatic heterocycles. The molecule has 0 bridgehead atoms. The quantitative estimate of drug-likeness (QED) is 0.711. The van der Waals surface area contributed by atoms with Gasteiger partial charge in [0.1, 0.15) is 5.69 Å². The normalized spacial score (nSPS) is 17.2. The van der Waals surface area contributed by atoms with Gasteiger partial charge in [-0.1, -0.05) is 6.07 Å². The zero-order valence-electron chi connectivity index (χ0n) is 18.6. The third-order valence-electron chi connectivity index (χ3n) is 6.10. The van der Waals surface area contributed by atoms with Crippen molar-refractivity contribution < 1.29 is 32.7 Å². The van der Waals surface area contributed by atoms with Crippen molar-refractivity contribution in [1.29, 1.82) is 0 Å². The largest absolute Gasteiger partial charge is 0.490 e. The summed E-state index contributed by atoms with van der Waals surface area (Å²) in [7, 11) is 0. The Morgan fingerprint density at radius 2 is 1.59 bits per heavy atom. The third kappa shape index (κ3) is 6.09. The fraction of sp³-hybridized carbons (Fsp3) is 0.435. The van der Waals surface area contributed by atoms with Crippen LogP contribution < -0.4 is 0 Å². The van der Waals surface area contributed by atoms with Crippen LogP contribution in [0.1, 0.15) is 45.8 Å². The standard InChI is InChI=1S/C21H24N4O2.C2HF3O2/c1-16-4-2-6-18(23-16)20(27)24-11-7-21(8-12-24)9-13-25(15-21)19(26)17-5-3-10-22-14-17;3-2(4,5)1(6)7/h2-6,10,14H,7-9,11-13,15H2,1H3;(H,6,7). The second-order valence-electron chi connectivity index (χ2n) is 8.48. The number of piperidine rings is 1. The van der Waals surface area contributed by atoms with E-state index in [1.807, 2.05) is 34.9 Å². The molecule has 34 heavy (non-hydrogen) atoms. The lowest BCUT2D eigenvalue weighted by Crippen LogP contribution is -2.45. The number of carboxylic acids is 1. The summed E-state index contributed by atoms with van der Waals surface area (Å²) in [5.41, 5.74) is 2.16. The molecule has 4 rings (SSSR count). The number of aliphatic carboxylic acids is 1. The van der Waals surface area contributed by atoms with Crippen LogP contribution in [0.2, 0.25) is 0 Å². The molecule has 0 aromatic carbocycles. The van der Waals surface area contributed by atoms with Gasteiger partial charge in [0, 0.05) is 44.3 Å². The lowest BCUT2D eigenvalue weighted by molar-refractivity contribution is -0.192. The Labute approximate surface area is 194 Å². The summed E-state index contributed by atoms with van der Waals surface area (Å²) in [6.45, 7) is 4.90. The van der Waals surface area contributed by atoms with Crippen LogP contribution in [0, 0.1) is 12.3 Å². The molecule has 182 valence electrons. The Morgan fingerprint density at radius 3 is 2.12 bits per heavy atom. The Hall–Kier alpha value is -3.50. The van der Waals surface area contributed by atoms with E-state index in [-0.39, 0.29) is 17.2 Å². The lowest BCUT2D eigenvalue weighted by Gasteiger charge is -2.39. The van der Waals surface area contributed by atoms with Crippen molar-refractivity contribution in [2.24, 2.45) is 5.41 Å². The molecule has 2 fully saturated rings. The molecule has 1 spiro atoms. The number of carbonyl (C=O) groups is 3. The monoisotopic (exact) mass is 478 g/mol. The Bertz CT molecular complexity index is 1040. The van der Waals surface area contributed by atoms with Crippen LogP contribution >= 0.6 is 0 Å². The van der Waals surface area contributed by atoms with Crippen molar-refractivity contribution in [3.8, 4) is 0 Å². The predicted molar refractivity (Wildman–Crippen MR) is 115 cm³/mol. The second kappa shape index (κ2) is 10.2. The molecule has 8 nitrogen and oxygen atoms in total. The average molecular weight is 478 g/mol. The minimum absolute atomic E-state index is 0.00911. The van der Waals surface area contributed by atoms with E-state index in [9.17, 15) is 22.8 Å². The lowest BCUT2D eigenvalue weighted by atomic mass is 9.77. The number of halogens is 3. The van der Waals surface area contributed by atoms with Crippen LogP contribution in [0.4, 0.5) is 13.2 Å². The van der Waals surface area contributed by atoms with Gasteiger partial charge >= 0.3 is 12.1 Å². The summed E-state index contributed by atoms with van der Waals surface area (Å²) in [5, 5.41) is 7.12. The maximum atomic E-state index is 12.7. The van der Waals surface area contributed by atoms with Crippen LogP contribution in [0.25, 0.3) is 0 Å². The van der Waals surface area contributed by atoms with Crippen LogP contribution in [0.15, 0.2) is 42.7 Å². The number of hydrogen-bond acceptors (Lipinski definition) is 5. The summed E-state index contributed by atoms with van der Waals surface area (Å²) >= 11 is 0. The van der Waals surface area contributed by atoms with Gasteiger partial charge in [0.2, 0.25) is 0 Å². The molecular formula is C23H25F3N4O4. The molecule has 2 saturated heterocycles. The van der Waals surface area contributed by atoms with Gasteiger partial charge < -0.3 is 14.9 Å². The fourth-order valence-electron chi connectivity index (χ4n) is 4.20. The van der Waals surface area contributed by atoms with Crippen LogP contribution in [0.5, 0.6) is 0 Å².